The predicted molar refractivity (Wildman–Crippen MR) is 204 cm³/mol. The zero-order chi connectivity index (χ0) is 38.0. The molecule has 0 bridgehead atoms. The molecule has 0 aromatic heterocycles. The van der Waals surface area contributed by atoms with Gasteiger partial charge < -0.3 is 23.7 Å². The molecule has 1 saturated carbocycles. The smallest absolute Gasteiger partial charge is 0.228 e. The minimum atomic E-state index is -1.32. The zero-order valence-electron chi connectivity index (χ0n) is 30.3. The van der Waals surface area contributed by atoms with Crippen LogP contribution in [0, 0.1) is 16.0 Å². The van der Waals surface area contributed by atoms with E-state index in [1.807, 2.05) is 60.7 Å². The summed E-state index contributed by atoms with van der Waals surface area (Å²) in [5, 5.41) is 13.1. The summed E-state index contributed by atoms with van der Waals surface area (Å²) in [4.78, 5) is 40.9. The Morgan fingerprint density at radius 2 is 1.26 bits per heavy atom. The maximum absolute atomic E-state index is 14.1. The first kappa shape index (κ1) is 37.3. The lowest BCUT2D eigenvalue weighted by Gasteiger charge is -2.37. The molecule has 1 aliphatic carbocycles. The molecule has 0 aliphatic heterocycles. The Hall–Kier alpha value is -6.42. The van der Waals surface area contributed by atoms with Crippen molar-refractivity contribution in [2.75, 3.05) is 21.3 Å². The normalized spacial score (nSPS) is 18.2. The largest absolute Gasteiger partial charge is 0.497 e. The maximum atomic E-state index is 14.1. The van der Waals surface area contributed by atoms with Gasteiger partial charge in [0, 0.05) is 11.3 Å². The number of nitrogens with zero attached hydrogens (tertiary/aromatic N) is 1. The van der Waals surface area contributed by atoms with Crippen molar-refractivity contribution in [2.24, 2.45) is 5.92 Å². The number of methoxy groups -OCH3 is 3. The topological polar surface area (TPSA) is 123 Å². The van der Waals surface area contributed by atoms with Crippen LogP contribution in [-0.2, 0) is 22.8 Å². The van der Waals surface area contributed by atoms with E-state index in [4.69, 9.17) is 23.7 Å². The molecule has 1 fully saturated rings. The number of ether oxygens (including phenoxy) is 5. The van der Waals surface area contributed by atoms with E-state index in [0.717, 1.165) is 11.1 Å². The fourth-order valence-corrected chi connectivity index (χ4v) is 6.95. The van der Waals surface area contributed by atoms with Crippen molar-refractivity contribution >= 4 is 17.6 Å². The number of benzene rings is 5. The quantitative estimate of drug-likeness (QED) is 0.0454. The summed E-state index contributed by atoms with van der Waals surface area (Å²) in [6.45, 7) is 0.644. The van der Waals surface area contributed by atoms with Crippen LogP contribution >= 0.6 is 0 Å². The van der Waals surface area contributed by atoms with E-state index in [1.54, 1.807) is 66.7 Å². The predicted octanol–water partition coefficient (Wildman–Crippen LogP) is 8.25. The second-order valence-corrected chi connectivity index (χ2v) is 12.9. The third-order valence-corrected chi connectivity index (χ3v) is 9.68. The second kappa shape index (κ2) is 17.4. The van der Waals surface area contributed by atoms with Crippen LogP contribution in [0.2, 0.25) is 0 Å². The van der Waals surface area contributed by atoms with E-state index < -0.39 is 29.6 Å². The fourth-order valence-electron chi connectivity index (χ4n) is 6.95. The number of rotatable bonds is 15. The van der Waals surface area contributed by atoms with Crippen molar-refractivity contribution in [3.63, 3.8) is 0 Å². The molecule has 10 heteroatoms. The minimum Gasteiger partial charge on any atom is -0.497 e. The number of hydrogen-bond acceptors (Lipinski definition) is 9. The fraction of sp³-hybridized carbons (Fsp3) is 0.227. The van der Waals surface area contributed by atoms with Crippen molar-refractivity contribution in [1.29, 1.82) is 0 Å². The average Bonchev–Trinajstić information content (AvgIpc) is 3.21. The molecule has 5 aromatic rings. The van der Waals surface area contributed by atoms with E-state index in [0.29, 0.717) is 58.7 Å². The van der Waals surface area contributed by atoms with Crippen LogP contribution in [0.1, 0.15) is 46.1 Å². The second-order valence-electron chi connectivity index (χ2n) is 12.9. The number of allylic oxidation sites excluding steroid dienone is 1. The summed E-state index contributed by atoms with van der Waals surface area (Å²) in [5.41, 5.74) is 3.61. The standard InChI is InChI=1S/C44H41NO9/c1-50-34-19-16-32(17-20-34)42-43(36(46)21-14-29-15-22-38(40(24-29)51-2)53-27-30-10-6-4-7-11-30)37(47)26-35(44(42)45(48)49)33-18-23-39(41(25-33)52-3)54-28-31-12-8-5-9-13-31/h4-25,35,42-44H,26-28H2,1-3H3/b21-14+/t35-,42+,43?,44+/m1/s1. The van der Waals surface area contributed by atoms with Crippen LogP contribution in [0.25, 0.3) is 6.08 Å². The Labute approximate surface area is 314 Å². The van der Waals surface area contributed by atoms with Gasteiger partial charge in [-0.1, -0.05) is 91.0 Å². The number of ketones is 2. The van der Waals surface area contributed by atoms with Gasteiger partial charge in [0.1, 0.15) is 24.7 Å². The highest BCUT2D eigenvalue weighted by Crippen LogP contribution is 2.47. The van der Waals surface area contributed by atoms with Crippen LogP contribution in [0.4, 0.5) is 0 Å². The zero-order valence-corrected chi connectivity index (χ0v) is 30.3. The van der Waals surface area contributed by atoms with Gasteiger partial charge in [0.05, 0.1) is 39.1 Å². The number of carbonyl (C=O) groups excluding carboxylic acids is 2. The summed E-state index contributed by atoms with van der Waals surface area (Å²) in [6, 6.07) is 35.1. The summed E-state index contributed by atoms with van der Waals surface area (Å²) in [6.07, 6.45) is 2.69. The Kier molecular flexibility index (Phi) is 12.0. The minimum absolute atomic E-state index is 0.211. The number of nitro groups is 1. The van der Waals surface area contributed by atoms with Crippen molar-refractivity contribution < 1.29 is 38.2 Å². The van der Waals surface area contributed by atoms with Crippen LogP contribution in [-0.4, -0.2) is 43.9 Å². The lowest BCUT2D eigenvalue weighted by molar-refractivity contribution is -0.533. The summed E-state index contributed by atoms with van der Waals surface area (Å²) < 4.78 is 28.5. The van der Waals surface area contributed by atoms with Gasteiger partial charge >= 0.3 is 0 Å². The van der Waals surface area contributed by atoms with Crippen molar-refractivity contribution in [2.45, 2.75) is 37.5 Å². The van der Waals surface area contributed by atoms with Gasteiger partial charge in [0.25, 0.3) is 0 Å². The molecule has 6 rings (SSSR count). The van der Waals surface area contributed by atoms with E-state index in [9.17, 15) is 19.7 Å². The Morgan fingerprint density at radius 1 is 0.704 bits per heavy atom. The first-order valence-corrected chi connectivity index (χ1v) is 17.5. The molecule has 0 amide bonds. The van der Waals surface area contributed by atoms with Gasteiger partial charge in [0.2, 0.25) is 6.04 Å². The third-order valence-electron chi connectivity index (χ3n) is 9.68. The lowest BCUT2D eigenvalue weighted by atomic mass is 9.64. The number of carbonyl (C=O) groups is 2. The van der Waals surface area contributed by atoms with Gasteiger partial charge in [-0.25, -0.2) is 0 Å². The van der Waals surface area contributed by atoms with Gasteiger partial charge in [0.15, 0.2) is 28.8 Å². The molecule has 54 heavy (non-hydrogen) atoms. The van der Waals surface area contributed by atoms with Crippen LogP contribution in [0.5, 0.6) is 28.7 Å². The first-order chi connectivity index (χ1) is 26.3. The highest BCUT2D eigenvalue weighted by molar-refractivity contribution is 6.10. The first-order valence-electron chi connectivity index (χ1n) is 17.5. The third kappa shape index (κ3) is 8.61. The van der Waals surface area contributed by atoms with Gasteiger partial charge in [-0.05, 0) is 70.3 Å². The Morgan fingerprint density at radius 3 is 1.81 bits per heavy atom. The van der Waals surface area contributed by atoms with E-state index in [-0.39, 0.29) is 17.1 Å². The van der Waals surface area contributed by atoms with E-state index in [2.05, 4.69) is 0 Å². The molecule has 0 radical (unpaired) electrons. The molecule has 0 N–H and O–H groups in total. The van der Waals surface area contributed by atoms with Crippen LogP contribution < -0.4 is 23.7 Å². The molecule has 10 nitrogen and oxygen atoms in total. The van der Waals surface area contributed by atoms with Crippen molar-refractivity contribution in [3.8, 4) is 28.7 Å². The molecular weight excluding hydrogens is 686 g/mol. The van der Waals surface area contributed by atoms with Gasteiger partial charge in [-0.2, -0.15) is 0 Å². The molecular formula is C44H41NO9. The summed E-state index contributed by atoms with van der Waals surface area (Å²) in [7, 11) is 4.54. The molecule has 276 valence electrons. The van der Waals surface area contributed by atoms with E-state index >= 15 is 0 Å². The number of hydrogen-bond donors (Lipinski definition) is 0. The number of Topliss-reactive ketones (excluding diaryl/α,β-unsaturated/α-hetero) is 1. The molecule has 0 spiro atoms. The molecule has 1 aliphatic rings. The van der Waals surface area contributed by atoms with Crippen molar-refractivity contribution in [3.05, 3.63) is 165 Å². The SMILES string of the molecule is COc1ccc([C@H]2C(C(=O)/C=C/c3ccc(OCc4ccccc4)c(OC)c3)C(=O)C[C@H](c3ccc(OCc4ccccc4)c(OC)c3)[C@@H]2[N+](=O)[O-])cc1. The average molecular weight is 728 g/mol. The van der Waals surface area contributed by atoms with Crippen LogP contribution in [0.15, 0.2) is 127 Å². The van der Waals surface area contributed by atoms with E-state index in [1.165, 1.54) is 27.4 Å². The molecule has 5 aromatic carbocycles. The maximum Gasteiger partial charge on any atom is 0.228 e. The summed E-state index contributed by atoms with van der Waals surface area (Å²) >= 11 is 0. The highest BCUT2D eigenvalue weighted by atomic mass is 16.6. The van der Waals surface area contributed by atoms with Crippen LogP contribution in [0.3, 0.4) is 0 Å². The van der Waals surface area contributed by atoms with Crippen molar-refractivity contribution in [1.82, 2.24) is 0 Å². The van der Waals surface area contributed by atoms with Gasteiger partial charge in [-0.3, -0.25) is 19.7 Å². The highest BCUT2D eigenvalue weighted by Gasteiger charge is 2.54. The monoisotopic (exact) mass is 727 g/mol. The molecule has 0 heterocycles. The Bertz CT molecular complexity index is 2100. The Balaban J connectivity index is 1.29. The lowest BCUT2D eigenvalue weighted by Crippen LogP contribution is -2.48. The summed E-state index contributed by atoms with van der Waals surface area (Å²) in [5.74, 6) is -1.77. The molecule has 1 unspecified atom stereocenters. The molecule has 0 saturated heterocycles. The molecule has 4 atom stereocenters. The van der Waals surface area contributed by atoms with Gasteiger partial charge in [-0.15, -0.1) is 0 Å².